The third-order valence-electron chi connectivity index (χ3n) is 1.32. The summed E-state index contributed by atoms with van der Waals surface area (Å²) in [4.78, 5) is 0. The maximum atomic E-state index is 13.2. The van der Waals surface area contributed by atoms with Gasteiger partial charge < -0.3 is 4.74 Å². The van der Waals surface area contributed by atoms with E-state index in [4.69, 9.17) is 27.9 Å². The van der Waals surface area contributed by atoms with E-state index in [2.05, 4.69) is 0 Å². The quantitative estimate of drug-likeness (QED) is 0.738. The highest BCUT2D eigenvalue weighted by atomic mass is 35.5. The van der Waals surface area contributed by atoms with Crippen LogP contribution in [-0.4, -0.2) is 6.10 Å². The van der Waals surface area contributed by atoms with Crippen LogP contribution in [-0.2, 0) is 0 Å². The molecule has 0 unspecified atom stereocenters. The first kappa shape index (κ1) is 10.6. The SMILES string of the molecule is CC(C)Oc1c(F)cc(Cl)cc1Cl. The van der Waals surface area contributed by atoms with Gasteiger partial charge in [0.05, 0.1) is 11.1 Å². The van der Waals surface area contributed by atoms with Crippen molar-refractivity contribution >= 4 is 23.2 Å². The molecule has 0 atom stereocenters. The Balaban J connectivity index is 3.06. The summed E-state index contributed by atoms with van der Waals surface area (Å²) in [6.07, 6.45) is -0.117. The molecule has 1 aromatic rings. The molecule has 0 aromatic heterocycles. The van der Waals surface area contributed by atoms with E-state index in [1.165, 1.54) is 12.1 Å². The van der Waals surface area contributed by atoms with Gasteiger partial charge in [-0.2, -0.15) is 0 Å². The molecule has 0 saturated heterocycles. The Morgan fingerprint density at radius 1 is 1.31 bits per heavy atom. The summed E-state index contributed by atoms with van der Waals surface area (Å²) in [6, 6.07) is 2.62. The fraction of sp³-hybridized carbons (Fsp3) is 0.333. The molecule has 0 aliphatic heterocycles. The van der Waals surface area contributed by atoms with Crippen LogP contribution in [0.5, 0.6) is 5.75 Å². The van der Waals surface area contributed by atoms with Crippen LogP contribution in [0, 0.1) is 5.82 Å². The molecule has 1 rings (SSSR count). The third kappa shape index (κ3) is 2.75. The maximum absolute atomic E-state index is 13.2. The highest BCUT2D eigenvalue weighted by molar-refractivity contribution is 6.35. The van der Waals surface area contributed by atoms with E-state index in [1.54, 1.807) is 13.8 Å². The topological polar surface area (TPSA) is 9.23 Å². The van der Waals surface area contributed by atoms with Gasteiger partial charge in [-0.25, -0.2) is 4.39 Å². The molecule has 0 radical (unpaired) electrons. The summed E-state index contributed by atoms with van der Waals surface area (Å²) in [6.45, 7) is 3.59. The standard InChI is InChI=1S/C9H9Cl2FO/c1-5(2)13-9-7(11)3-6(10)4-8(9)12/h3-5H,1-2H3. The zero-order chi connectivity index (χ0) is 10.0. The summed E-state index contributed by atoms with van der Waals surface area (Å²) in [5.41, 5.74) is 0. The predicted molar refractivity (Wildman–Crippen MR) is 52.2 cm³/mol. The molecule has 0 amide bonds. The molecule has 0 N–H and O–H groups in total. The van der Waals surface area contributed by atoms with E-state index < -0.39 is 5.82 Å². The summed E-state index contributed by atoms with van der Waals surface area (Å²) in [5.74, 6) is -0.479. The Labute approximate surface area is 86.4 Å². The minimum atomic E-state index is -0.536. The van der Waals surface area contributed by atoms with Gasteiger partial charge in [0.25, 0.3) is 0 Å². The zero-order valence-corrected chi connectivity index (χ0v) is 8.79. The lowest BCUT2D eigenvalue weighted by Crippen LogP contribution is -2.07. The van der Waals surface area contributed by atoms with E-state index in [-0.39, 0.29) is 21.9 Å². The molecule has 0 saturated carbocycles. The van der Waals surface area contributed by atoms with Gasteiger partial charge in [-0.1, -0.05) is 23.2 Å². The van der Waals surface area contributed by atoms with Crippen LogP contribution in [0.1, 0.15) is 13.8 Å². The molecule has 1 nitrogen and oxygen atoms in total. The number of hydrogen-bond acceptors (Lipinski definition) is 1. The second kappa shape index (κ2) is 4.16. The molecule has 0 bridgehead atoms. The second-order valence-electron chi connectivity index (χ2n) is 2.87. The Morgan fingerprint density at radius 2 is 1.92 bits per heavy atom. The van der Waals surface area contributed by atoms with Gasteiger partial charge in [-0.05, 0) is 26.0 Å². The van der Waals surface area contributed by atoms with Crippen molar-refractivity contribution in [2.45, 2.75) is 20.0 Å². The summed E-state index contributed by atoms with van der Waals surface area (Å²) in [5, 5.41) is 0.456. The molecule has 72 valence electrons. The fourth-order valence-corrected chi connectivity index (χ4v) is 1.39. The van der Waals surface area contributed by atoms with Crippen molar-refractivity contribution < 1.29 is 9.13 Å². The summed E-state index contributed by atoms with van der Waals surface area (Å²) >= 11 is 11.3. The van der Waals surface area contributed by atoms with Gasteiger partial charge in [0, 0.05) is 5.02 Å². The number of hydrogen-bond donors (Lipinski definition) is 0. The Kier molecular flexibility index (Phi) is 3.40. The Hall–Kier alpha value is -0.470. The van der Waals surface area contributed by atoms with Gasteiger partial charge in [-0.3, -0.25) is 0 Å². The van der Waals surface area contributed by atoms with Crippen LogP contribution in [0.3, 0.4) is 0 Å². The molecule has 0 aliphatic carbocycles. The normalized spacial score (nSPS) is 10.6. The summed E-state index contributed by atoms with van der Waals surface area (Å²) in [7, 11) is 0. The lowest BCUT2D eigenvalue weighted by atomic mass is 10.3. The molecule has 4 heteroatoms. The molecule has 0 fully saturated rings. The monoisotopic (exact) mass is 222 g/mol. The van der Waals surface area contributed by atoms with Gasteiger partial charge in [0.15, 0.2) is 11.6 Å². The highest BCUT2D eigenvalue weighted by Gasteiger charge is 2.11. The second-order valence-corrected chi connectivity index (χ2v) is 3.71. The molecular formula is C9H9Cl2FO. The lowest BCUT2D eigenvalue weighted by Gasteiger charge is -2.12. The van der Waals surface area contributed by atoms with Crippen molar-refractivity contribution in [3.63, 3.8) is 0 Å². The van der Waals surface area contributed by atoms with Crippen molar-refractivity contribution in [2.75, 3.05) is 0 Å². The molecular weight excluding hydrogens is 214 g/mol. The van der Waals surface area contributed by atoms with Crippen LogP contribution < -0.4 is 4.74 Å². The number of rotatable bonds is 2. The molecule has 13 heavy (non-hydrogen) atoms. The first-order valence-corrected chi connectivity index (χ1v) is 4.57. The van der Waals surface area contributed by atoms with Crippen LogP contribution in [0.15, 0.2) is 12.1 Å². The smallest absolute Gasteiger partial charge is 0.173 e. The van der Waals surface area contributed by atoms with Crippen LogP contribution >= 0.6 is 23.2 Å². The molecule has 0 heterocycles. The molecule has 1 aromatic carbocycles. The lowest BCUT2D eigenvalue weighted by molar-refractivity contribution is 0.231. The highest BCUT2D eigenvalue weighted by Crippen LogP contribution is 2.31. The van der Waals surface area contributed by atoms with E-state index in [0.29, 0.717) is 0 Å². The van der Waals surface area contributed by atoms with E-state index >= 15 is 0 Å². The van der Waals surface area contributed by atoms with E-state index in [0.717, 1.165) is 0 Å². The Morgan fingerprint density at radius 3 is 2.38 bits per heavy atom. The largest absolute Gasteiger partial charge is 0.486 e. The maximum Gasteiger partial charge on any atom is 0.173 e. The minimum absolute atomic E-state index is 0.0565. The van der Waals surface area contributed by atoms with Crippen molar-refractivity contribution in [1.82, 2.24) is 0 Å². The first-order chi connectivity index (χ1) is 6.00. The molecule has 0 spiro atoms. The van der Waals surface area contributed by atoms with Crippen LogP contribution in [0.4, 0.5) is 4.39 Å². The van der Waals surface area contributed by atoms with Crippen molar-refractivity contribution in [3.8, 4) is 5.75 Å². The average Bonchev–Trinajstić information content (AvgIpc) is 1.96. The van der Waals surface area contributed by atoms with Crippen LogP contribution in [0.2, 0.25) is 10.0 Å². The Bertz CT molecular complexity index is 289. The van der Waals surface area contributed by atoms with Crippen molar-refractivity contribution in [1.29, 1.82) is 0 Å². The number of ether oxygens (including phenoxy) is 1. The van der Waals surface area contributed by atoms with Gasteiger partial charge >= 0.3 is 0 Å². The van der Waals surface area contributed by atoms with Gasteiger partial charge in [0.2, 0.25) is 0 Å². The molecule has 0 aliphatic rings. The van der Waals surface area contributed by atoms with E-state index in [1.807, 2.05) is 0 Å². The number of benzene rings is 1. The van der Waals surface area contributed by atoms with E-state index in [9.17, 15) is 4.39 Å². The minimum Gasteiger partial charge on any atom is -0.486 e. The van der Waals surface area contributed by atoms with Crippen LogP contribution in [0.25, 0.3) is 0 Å². The zero-order valence-electron chi connectivity index (χ0n) is 7.27. The number of halogens is 3. The first-order valence-electron chi connectivity index (χ1n) is 3.82. The van der Waals surface area contributed by atoms with Gasteiger partial charge in [-0.15, -0.1) is 0 Å². The fourth-order valence-electron chi connectivity index (χ4n) is 0.877. The average molecular weight is 223 g/mol. The van der Waals surface area contributed by atoms with Gasteiger partial charge in [0.1, 0.15) is 0 Å². The predicted octanol–water partition coefficient (Wildman–Crippen LogP) is 3.92. The third-order valence-corrected chi connectivity index (χ3v) is 1.82. The summed E-state index contributed by atoms with van der Waals surface area (Å²) < 4.78 is 18.3. The van der Waals surface area contributed by atoms with Crippen molar-refractivity contribution in [2.24, 2.45) is 0 Å². The van der Waals surface area contributed by atoms with Crippen molar-refractivity contribution in [3.05, 3.63) is 28.0 Å².